The molecule has 0 heterocycles. The van der Waals surface area contributed by atoms with Crippen LogP contribution < -0.4 is 15.4 Å². The zero-order chi connectivity index (χ0) is 32.6. The van der Waals surface area contributed by atoms with Gasteiger partial charge in [-0.25, -0.2) is 0 Å². The van der Waals surface area contributed by atoms with Crippen LogP contribution in [0, 0.1) is 0 Å². The number of unbranched alkanes of at least 4 members (excludes halogenated alkanes) is 23. The van der Waals surface area contributed by atoms with Gasteiger partial charge in [0.1, 0.15) is 5.75 Å². The summed E-state index contributed by atoms with van der Waals surface area (Å²) in [7, 11) is 0. The third-order valence-electron chi connectivity index (χ3n) is 8.88. The van der Waals surface area contributed by atoms with E-state index in [0.717, 1.165) is 38.5 Å². The van der Waals surface area contributed by atoms with Gasteiger partial charge < -0.3 is 15.4 Å². The zero-order valence-corrected chi connectivity index (χ0v) is 30.0. The summed E-state index contributed by atoms with van der Waals surface area (Å²) in [5.41, 5.74) is 1.08. The number of hydrogen-bond acceptors (Lipinski definition) is 3. The fourth-order valence-corrected chi connectivity index (χ4v) is 5.86. The maximum atomic E-state index is 13.1. The highest BCUT2D eigenvalue weighted by atomic mass is 16.5. The Labute approximate surface area is 278 Å². The number of carbonyl (C=O) groups is 2. The molecule has 1 rings (SSSR count). The molecular formula is C40H72N2O3. The quantitative estimate of drug-likeness (QED) is 0.0780. The second-order valence-corrected chi connectivity index (χ2v) is 13.2. The third kappa shape index (κ3) is 23.0. The van der Waals surface area contributed by atoms with Crippen molar-refractivity contribution in [2.45, 2.75) is 188 Å². The molecule has 1 aromatic carbocycles. The van der Waals surface area contributed by atoms with Crippen molar-refractivity contribution in [3.05, 3.63) is 29.3 Å². The van der Waals surface area contributed by atoms with Gasteiger partial charge in [-0.1, -0.05) is 168 Å². The van der Waals surface area contributed by atoms with Gasteiger partial charge >= 0.3 is 0 Å². The van der Waals surface area contributed by atoms with Gasteiger partial charge in [-0.2, -0.15) is 0 Å². The lowest BCUT2D eigenvalue weighted by Gasteiger charge is -2.14. The van der Waals surface area contributed by atoms with Crippen LogP contribution in [0.3, 0.4) is 0 Å². The summed E-state index contributed by atoms with van der Waals surface area (Å²) in [6.07, 6.45) is 32.8. The Balaban J connectivity index is 2.40. The minimum Gasteiger partial charge on any atom is -0.493 e. The number of ether oxygens (including phenoxy) is 1. The molecule has 0 bridgehead atoms. The number of hydrogen-bond donors (Lipinski definition) is 2. The molecule has 0 saturated heterocycles. The van der Waals surface area contributed by atoms with Gasteiger partial charge in [0.25, 0.3) is 11.8 Å². The molecule has 260 valence electrons. The molecule has 0 aliphatic heterocycles. The first-order chi connectivity index (χ1) is 22.1. The summed E-state index contributed by atoms with van der Waals surface area (Å²) in [6, 6.07) is 5.28. The number of nitrogens with one attached hydrogen (secondary N) is 2. The van der Waals surface area contributed by atoms with Crippen LogP contribution in [0.5, 0.6) is 5.75 Å². The predicted molar refractivity (Wildman–Crippen MR) is 194 cm³/mol. The second kappa shape index (κ2) is 30.6. The topological polar surface area (TPSA) is 67.4 Å². The van der Waals surface area contributed by atoms with Crippen molar-refractivity contribution in [2.24, 2.45) is 0 Å². The van der Waals surface area contributed by atoms with Crippen molar-refractivity contribution in [3.63, 3.8) is 0 Å². The van der Waals surface area contributed by atoms with Gasteiger partial charge in [-0.05, 0) is 37.5 Å². The molecule has 5 heteroatoms. The molecule has 45 heavy (non-hydrogen) atoms. The van der Waals surface area contributed by atoms with Crippen molar-refractivity contribution in [1.82, 2.24) is 10.6 Å². The lowest BCUT2D eigenvalue weighted by atomic mass is 10.1. The van der Waals surface area contributed by atoms with Crippen molar-refractivity contribution < 1.29 is 14.3 Å². The monoisotopic (exact) mass is 629 g/mol. The number of benzene rings is 1. The lowest BCUT2D eigenvalue weighted by molar-refractivity contribution is 0.0937. The fraction of sp³-hybridized carbons (Fsp3) is 0.800. The molecule has 0 aliphatic carbocycles. The summed E-state index contributed by atoms with van der Waals surface area (Å²) < 4.78 is 6.09. The Morgan fingerprint density at radius 3 is 1.31 bits per heavy atom. The number of carbonyl (C=O) groups excluding carboxylic acids is 2. The van der Waals surface area contributed by atoms with Crippen LogP contribution in [0.4, 0.5) is 0 Å². The summed E-state index contributed by atoms with van der Waals surface area (Å²) >= 11 is 0. The van der Waals surface area contributed by atoms with Crippen LogP contribution in [0.2, 0.25) is 0 Å². The maximum Gasteiger partial charge on any atom is 0.255 e. The van der Waals surface area contributed by atoms with E-state index < -0.39 is 0 Å². The van der Waals surface area contributed by atoms with E-state index in [-0.39, 0.29) is 11.8 Å². The van der Waals surface area contributed by atoms with Crippen molar-refractivity contribution >= 4 is 11.8 Å². The molecule has 0 fully saturated rings. The smallest absolute Gasteiger partial charge is 0.255 e. The van der Waals surface area contributed by atoms with E-state index in [0.29, 0.717) is 36.6 Å². The predicted octanol–water partition coefficient (Wildman–Crippen LogP) is 11.7. The van der Waals surface area contributed by atoms with Gasteiger partial charge in [-0.3, -0.25) is 9.59 Å². The summed E-state index contributed by atoms with van der Waals surface area (Å²) in [5.74, 6) is 0.315. The summed E-state index contributed by atoms with van der Waals surface area (Å²) in [5, 5.41) is 6.16. The van der Waals surface area contributed by atoms with Crippen molar-refractivity contribution in [3.8, 4) is 5.75 Å². The van der Waals surface area contributed by atoms with E-state index in [1.54, 1.807) is 18.2 Å². The molecule has 0 atom stereocenters. The molecule has 0 saturated carbocycles. The fourth-order valence-electron chi connectivity index (χ4n) is 5.86. The van der Waals surface area contributed by atoms with Crippen LogP contribution in [-0.2, 0) is 0 Å². The summed E-state index contributed by atoms with van der Waals surface area (Å²) in [6.45, 7) is 8.64. The van der Waals surface area contributed by atoms with Gasteiger partial charge in [-0.15, -0.1) is 0 Å². The number of amides is 2. The van der Waals surface area contributed by atoms with Crippen LogP contribution in [-0.4, -0.2) is 31.5 Å². The Kier molecular flexibility index (Phi) is 27.9. The minimum absolute atomic E-state index is 0.0918. The Morgan fingerprint density at radius 1 is 0.489 bits per heavy atom. The van der Waals surface area contributed by atoms with Crippen LogP contribution in [0.1, 0.15) is 208 Å². The average molecular weight is 629 g/mol. The molecule has 1 aromatic rings. The average Bonchev–Trinajstić information content (AvgIpc) is 3.05. The van der Waals surface area contributed by atoms with Crippen molar-refractivity contribution in [2.75, 3.05) is 19.7 Å². The molecule has 0 spiro atoms. The molecular weight excluding hydrogens is 556 g/mol. The van der Waals surface area contributed by atoms with Gasteiger partial charge in [0.2, 0.25) is 0 Å². The normalized spacial score (nSPS) is 11.1. The van der Waals surface area contributed by atoms with E-state index >= 15 is 0 Å². The van der Waals surface area contributed by atoms with Crippen LogP contribution in [0.25, 0.3) is 0 Å². The van der Waals surface area contributed by atoms with E-state index in [9.17, 15) is 9.59 Å². The Bertz CT molecular complexity index is 841. The number of rotatable bonds is 32. The highest BCUT2D eigenvalue weighted by molar-refractivity contribution is 6.00. The molecule has 2 amide bonds. The SMILES string of the molecule is CCCCCCCCCCCCCNC(=O)c1ccc(C(=O)NCCCCCCCCCCCCC)c(OCCCCCC)c1. The second-order valence-electron chi connectivity index (χ2n) is 13.2. The molecule has 5 nitrogen and oxygen atoms in total. The first-order valence-electron chi connectivity index (χ1n) is 19.5. The molecule has 0 aromatic heterocycles. The Hall–Kier alpha value is -2.04. The first kappa shape index (κ1) is 41.0. The third-order valence-corrected chi connectivity index (χ3v) is 8.88. The van der Waals surface area contributed by atoms with Crippen LogP contribution >= 0.6 is 0 Å². The van der Waals surface area contributed by atoms with Gasteiger partial charge in [0.05, 0.1) is 12.2 Å². The molecule has 0 unspecified atom stereocenters. The highest BCUT2D eigenvalue weighted by Gasteiger charge is 2.16. The standard InChI is InChI=1S/C40H72N2O3/c1-4-7-10-13-15-17-19-21-23-25-27-32-41-39(43)36-30-31-37(38(35-36)45-34-29-12-9-6-3)40(44)42-33-28-26-24-22-20-18-16-14-11-8-5-2/h30-31,35H,4-29,32-34H2,1-3H3,(H,41,43)(H,42,44). The van der Waals surface area contributed by atoms with E-state index in [2.05, 4.69) is 31.4 Å². The van der Waals surface area contributed by atoms with Crippen LogP contribution in [0.15, 0.2) is 18.2 Å². The first-order valence-corrected chi connectivity index (χ1v) is 19.5. The van der Waals surface area contributed by atoms with E-state index in [1.807, 2.05) is 0 Å². The van der Waals surface area contributed by atoms with E-state index in [4.69, 9.17) is 4.74 Å². The molecule has 0 aliphatic rings. The molecule has 2 N–H and O–H groups in total. The van der Waals surface area contributed by atoms with Crippen molar-refractivity contribution in [1.29, 1.82) is 0 Å². The summed E-state index contributed by atoms with van der Waals surface area (Å²) in [4.78, 5) is 26.0. The maximum absolute atomic E-state index is 13.1. The zero-order valence-electron chi connectivity index (χ0n) is 30.0. The lowest BCUT2D eigenvalue weighted by Crippen LogP contribution is -2.26. The van der Waals surface area contributed by atoms with Gasteiger partial charge in [0, 0.05) is 18.7 Å². The largest absolute Gasteiger partial charge is 0.493 e. The highest BCUT2D eigenvalue weighted by Crippen LogP contribution is 2.22. The van der Waals surface area contributed by atoms with E-state index in [1.165, 1.54) is 128 Å². The molecule has 0 radical (unpaired) electrons. The Morgan fingerprint density at radius 2 is 0.867 bits per heavy atom. The minimum atomic E-state index is -0.112. The van der Waals surface area contributed by atoms with Gasteiger partial charge in [0.15, 0.2) is 0 Å².